The Labute approximate surface area is 183 Å². The van der Waals surface area contributed by atoms with Gasteiger partial charge in [0, 0.05) is 38.5 Å². The number of hydrogen-bond donors (Lipinski definition) is 1. The Kier molecular flexibility index (Phi) is 6.05. The van der Waals surface area contributed by atoms with Crippen LogP contribution in [0.1, 0.15) is 25.1 Å². The average Bonchev–Trinajstić information content (AvgIpc) is 3.12. The molecule has 1 saturated heterocycles. The number of nitrogens with zero attached hydrogens (tertiary/aromatic N) is 5. The van der Waals surface area contributed by atoms with Gasteiger partial charge in [0.15, 0.2) is 11.6 Å². The Morgan fingerprint density at radius 3 is 2.75 bits per heavy atom. The summed E-state index contributed by atoms with van der Waals surface area (Å²) in [6.07, 6.45) is 0.726. The minimum Gasteiger partial charge on any atom is -0.340 e. The van der Waals surface area contributed by atoms with Crippen LogP contribution < -0.4 is 10.6 Å². The van der Waals surface area contributed by atoms with Crippen molar-refractivity contribution < 1.29 is 18.0 Å². The predicted molar refractivity (Wildman–Crippen MR) is 115 cm³/mol. The number of likely N-dealkylation sites (N-methyl/N-ethyl adjacent to an activating group) is 1. The van der Waals surface area contributed by atoms with E-state index in [1.54, 1.807) is 24.2 Å². The number of carbonyl (C=O) groups excluding carboxylic acids is 1. The lowest BCUT2D eigenvalue weighted by Gasteiger charge is -2.34. The minimum atomic E-state index is -1.13. The van der Waals surface area contributed by atoms with Gasteiger partial charge in [0.05, 0.1) is 28.8 Å². The molecule has 0 radical (unpaired) electrons. The van der Waals surface area contributed by atoms with E-state index in [-0.39, 0.29) is 42.5 Å². The van der Waals surface area contributed by atoms with Gasteiger partial charge in [0.1, 0.15) is 12.7 Å². The number of fused-ring (bicyclic) bond motifs is 1. The molecule has 3 heterocycles. The Morgan fingerprint density at radius 2 is 2.06 bits per heavy atom. The monoisotopic (exact) mass is 446 g/mol. The highest BCUT2D eigenvalue weighted by molar-refractivity contribution is 5.83. The summed E-state index contributed by atoms with van der Waals surface area (Å²) in [5.74, 6) is -2.00. The van der Waals surface area contributed by atoms with Crippen LogP contribution in [0.25, 0.3) is 11.0 Å². The number of halogens is 3. The molecular formula is C22H25F3N6O. The molecule has 4 rings (SSSR count). The summed E-state index contributed by atoms with van der Waals surface area (Å²) < 4.78 is 43.3. The topological polar surface area (TPSA) is 80.3 Å². The zero-order valence-corrected chi connectivity index (χ0v) is 17.9. The summed E-state index contributed by atoms with van der Waals surface area (Å²) in [4.78, 5) is 25.2. The molecule has 1 amide bonds. The Morgan fingerprint density at radius 1 is 1.31 bits per heavy atom. The van der Waals surface area contributed by atoms with Crippen LogP contribution >= 0.6 is 0 Å². The van der Waals surface area contributed by atoms with Gasteiger partial charge in [-0.05, 0) is 25.5 Å². The van der Waals surface area contributed by atoms with Crippen LogP contribution in [0.5, 0.6) is 0 Å². The lowest BCUT2D eigenvalue weighted by Crippen LogP contribution is -2.50. The first-order valence-corrected chi connectivity index (χ1v) is 10.4. The fourth-order valence-corrected chi connectivity index (χ4v) is 3.92. The van der Waals surface area contributed by atoms with Crippen LogP contribution in [-0.4, -0.2) is 57.7 Å². The van der Waals surface area contributed by atoms with Crippen molar-refractivity contribution in [2.75, 3.05) is 25.0 Å². The van der Waals surface area contributed by atoms with Crippen LogP contribution in [0, 0.1) is 11.6 Å². The summed E-state index contributed by atoms with van der Waals surface area (Å²) in [5.41, 5.74) is 7.11. The molecule has 0 spiro atoms. The number of anilines is 1. The third kappa shape index (κ3) is 4.14. The smallest absolute Gasteiger partial charge is 0.242 e. The number of aromatic nitrogens is 3. The van der Waals surface area contributed by atoms with E-state index in [1.807, 2.05) is 19.1 Å². The second kappa shape index (κ2) is 8.78. The van der Waals surface area contributed by atoms with Gasteiger partial charge in [-0.2, -0.15) is 0 Å². The maximum Gasteiger partial charge on any atom is 0.242 e. The van der Waals surface area contributed by atoms with Crippen LogP contribution in [0.15, 0.2) is 36.5 Å². The maximum atomic E-state index is 14.0. The zero-order valence-electron chi connectivity index (χ0n) is 17.9. The summed E-state index contributed by atoms with van der Waals surface area (Å²) in [6.45, 7) is 2.21. The quantitative estimate of drug-likeness (QED) is 0.652. The van der Waals surface area contributed by atoms with Crippen molar-refractivity contribution in [3.63, 3.8) is 0 Å². The third-order valence-corrected chi connectivity index (χ3v) is 6.01. The molecular weight excluding hydrogens is 421 g/mol. The van der Waals surface area contributed by atoms with Crippen LogP contribution in [0.2, 0.25) is 0 Å². The molecule has 0 saturated carbocycles. The van der Waals surface area contributed by atoms with Crippen molar-refractivity contribution in [1.29, 1.82) is 0 Å². The molecule has 0 aliphatic carbocycles. The van der Waals surface area contributed by atoms with Crippen molar-refractivity contribution in [2.24, 2.45) is 5.73 Å². The number of carbonyl (C=O) groups is 1. The summed E-state index contributed by atoms with van der Waals surface area (Å²) in [5, 5.41) is 0. The molecule has 0 bridgehead atoms. The molecule has 32 heavy (non-hydrogen) atoms. The summed E-state index contributed by atoms with van der Waals surface area (Å²) in [6, 6.07) is 6.47. The van der Waals surface area contributed by atoms with Gasteiger partial charge in [-0.25, -0.2) is 18.2 Å². The highest BCUT2D eigenvalue weighted by atomic mass is 19.2. The van der Waals surface area contributed by atoms with Crippen LogP contribution in [0.3, 0.4) is 0 Å². The lowest BCUT2D eigenvalue weighted by atomic mass is 10.1. The second-order valence-electron chi connectivity index (χ2n) is 8.10. The molecule has 170 valence electrons. The van der Waals surface area contributed by atoms with E-state index in [4.69, 9.17) is 5.73 Å². The number of rotatable bonds is 5. The van der Waals surface area contributed by atoms with Gasteiger partial charge in [-0.1, -0.05) is 6.07 Å². The van der Waals surface area contributed by atoms with Gasteiger partial charge < -0.3 is 20.1 Å². The number of nitrogens with two attached hydrogens (primary N) is 1. The normalized spacial score (nSPS) is 19.9. The SMILES string of the molecule is CC(c1ccccn1)N(C)C(=O)Cn1c(N2CC[C@@H](F)[C@H](N)C2)nc2cc(F)c(F)cc21. The Hall–Kier alpha value is -3.14. The highest BCUT2D eigenvalue weighted by Gasteiger charge is 2.30. The van der Waals surface area contributed by atoms with Crippen molar-refractivity contribution in [3.05, 3.63) is 53.9 Å². The number of hydrogen-bond acceptors (Lipinski definition) is 5. The molecule has 1 aliphatic rings. The Balaban J connectivity index is 1.68. The van der Waals surface area contributed by atoms with Gasteiger partial charge in [-0.15, -0.1) is 0 Å². The first-order chi connectivity index (χ1) is 15.3. The van der Waals surface area contributed by atoms with Crippen molar-refractivity contribution in [3.8, 4) is 0 Å². The van der Waals surface area contributed by atoms with Crippen molar-refractivity contribution in [2.45, 2.75) is 38.1 Å². The number of amides is 1. The Bertz CT molecular complexity index is 1120. The van der Waals surface area contributed by atoms with E-state index < -0.39 is 23.8 Å². The van der Waals surface area contributed by atoms with E-state index in [1.165, 1.54) is 9.47 Å². The molecule has 2 N–H and O–H groups in total. The molecule has 7 nitrogen and oxygen atoms in total. The van der Waals surface area contributed by atoms with E-state index in [9.17, 15) is 18.0 Å². The standard InChI is InChI=1S/C22H25F3N6O/c1-13(18-5-3-4-7-27-18)29(2)21(32)12-31-20-10-16(25)15(24)9-19(20)28-22(31)30-8-6-14(23)17(26)11-30/h3-5,7,9-10,13-14,17H,6,8,11-12,26H2,1-2H3/t13?,14-,17-/m1/s1. The highest BCUT2D eigenvalue weighted by Crippen LogP contribution is 2.28. The van der Waals surface area contributed by atoms with Gasteiger partial charge in [0.25, 0.3) is 0 Å². The number of imidazole rings is 1. The predicted octanol–water partition coefficient (Wildman–Crippen LogP) is 2.80. The molecule has 3 atom stereocenters. The van der Waals surface area contributed by atoms with Crippen molar-refractivity contribution >= 4 is 22.9 Å². The fraction of sp³-hybridized carbons (Fsp3) is 0.409. The van der Waals surface area contributed by atoms with E-state index in [0.717, 1.165) is 17.8 Å². The average molecular weight is 446 g/mol. The molecule has 1 aliphatic heterocycles. The number of pyridine rings is 1. The minimum absolute atomic E-state index is 0.157. The number of benzene rings is 1. The molecule has 10 heteroatoms. The first kappa shape index (κ1) is 22.1. The molecule has 3 aromatic rings. The maximum absolute atomic E-state index is 14.0. The summed E-state index contributed by atoms with van der Waals surface area (Å²) in [7, 11) is 1.66. The molecule has 1 aromatic carbocycles. The molecule has 2 aromatic heterocycles. The van der Waals surface area contributed by atoms with Crippen molar-refractivity contribution in [1.82, 2.24) is 19.4 Å². The molecule has 1 unspecified atom stereocenters. The molecule has 1 fully saturated rings. The largest absolute Gasteiger partial charge is 0.340 e. The van der Waals surface area contributed by atoms with Crippen LogP contribution in [0.4, 0.5) is 19.1 Å². The van der Waals surface area contributed by atoms with E-state index >= 15 is 0 Å². The zero-order chi connectivity index (χ0) is 23.0. The van der Waals surface area contributed by atoms with Gasteiger partial charge >= 0.3 is 0 Å². The van der Waals surface area contributed by atoms with E-state index in [2.05, 4.69) is 9.97 Å². The first-order valence-electron chi connectivity index (χ1n) is 10.4. The van der Waals surface area contributed by atoms with Crippen LogP contribution in [-0.2, 0) is 11.3 Å². The third-order valence-electron chi connectivity index (χ3n) is 6.01. The number of piperidine rings is 1. The van der Waals surface area contributed by atoms with E-state index in [0.29, 0.717) is 12.5 Å². The number of alkyl halides is 1. The summed E-state index contributed by atoms with van der Waals surface area (Å²) >= 11 is 0. The van der Waals surface area contributed by atoms with Gasteiger partial charge in [0.2, 0.25) is 11.9 Å². The lowest BCUT2D eigenvalue weighted by molar-refractivity contribution is -0.132. The second-order valence-corrected chi connectivity index (χ2v) is 8.10. The van der Waals surface area contributed by atoms with Gasteiger partial charge in [-0.3, -0.25) is 9.78 Å². The fourth-order valence-electron chi connectivity index (χ4n) is 3.92.